The normalized spacial score (nSPS) is 18.7. The zero-order valence-corrected chi connectivity index (χ0v) is 22.3. The van der Waals surface area contributed by atoms with Gasteiger partial charge in [0.25, 0.3) is 0 Å². The predicted molar refractivity (Wildman–Crippen MR) is 138 cm³/mol. The van der Waals surface area contributed by atoms with Crippen LogP contribution in [-0.4, -0.2) is 58.5 Å². The minimum Gasteiger partial charge on any atom is -0.477 e. The molecule has 2 aromatic rings. The van der Waals surface area contributed by atoms with Crippen LogP contribution in [0.4, 0.5) is 14.9 Å². The fraction of sp³-hybridized carbons (Fsp3) is 0.556. The monoisotopic (exact) mass is 531 g/mol. The highest BCUT2D eigenvalue weighted by Gasteiger charge is 2.32. The lowest BCUT2D eigenvalue weighted by molar-refractivity contribution is -0.152. The molecule has 10 nitrogen and oxygen atoms in total. The summed E-state index contributed by atoms with van der Waals surface area (Å²) >= 11 is 0. The van der Waals surface area contributed by atoms with E-state index in [0.717, 1.165) is 6.07 Å². The molecule has 2 N–H and O–H groups in total. The summed E-state index contributed by atoms with van der Waals surface area (Å²) in [6.07, 6.45) is 2.42. The van der Waals surface area contributed by atoms with Gasteiger partial charge in [0.15, 0.2) is 0 Å². The minimum absolute atomic E-state index is 0.0385. The first-order chi connectivity index (χ1) is 17.8. The van der Waals surface area contributed by atoms with Crippen LogP contribution in [0.5, 0.6) is 0 Å². The largest absolute Gasteiger partial charge is 0.477 e. The van der Waals surface area contributed by atoms with Crippen molar-refractivity contribution in [3.8, 4) is 0 Å². The number of benzene rings is 1. The van der Waals surface area contributed by atoms with Gasteiger partial charge in [-0.15, -0.1) is 0 Å². The van der Waals surface area contributed by atoms with E-state index in [0.29, 0.717) is 55.5 Å². The maximum atomic E-state index is 15.5. The molecule has 2 aliphatic heterocycles. The average molecular weight is 532 g/mol. The van der Waals surface area contributed by atoms with Crippen LogP contribution in [0.1, 0.15) is 75.8 Å². The lowest BCUT2D eigenvalue weighted by atomic mass is 9.93. The van der Waals surface area contributed by atoms with Crippen LogP contribution >= 0.6 is 0 Å². The van der Waals surface area contributed by atoms with E-state index in [2.05, 4.69) is 5.32 Å². The standard InChI is InChI=1S/C27H34FN3O7/c1-14-6-7-17-21-18(23(32)19(24(33)34)13-31(14)21)12-20(28)22(17)30-10-8-16(9-11-30)37-25(35)15(2)29-26(36)38-27(3,4)5/h12-16H,6-11H2,1-5H3,(H,29,36)(H,33,34)/t14-,15-/m0/s1. The number of hydrogen-bond acceptors (Lipinski definition) is 7. The number of alkyl carbamates (subject to hydrolysis) is 1. The molecule has 2 aliphatic rings. The van der Waals surface area contributed by atoms with Crippen molar-refractivity contribution in [2.24, 2.45) is 0 Å². The van der Waals surface area contributed by atoms with E-state index in [1.54, 1.807) is 25.3 Å². The van der Waals surface area contributed by atoms with Gasteiger partial charge in [-0.3, -0.25) is 4.79 Å². The number of ether oxygens (including phenoxy) is 2. The molecule has 1 amide bonds. The Kier molecular flexibility index (Phi) is 7.40. The van der Waals surface area contributed by atoms with Crippen molar-refractivity contribution in [3.63, 3.8) is 0 Å². The molecule has 1 aromatic heterocycles. The summed E-state index contributed by atoms with van der Waals surface area (Å²) in [6.45, 7) is 9.49. The number of carbonyl (C=O) groups is 3. The van der Waals surface area contributed by atoms with Crippen molar-refractivity contribution < 1.29 is 33.4 Å². The first kappa shape index (κ1) is 27.4. The first-order valence-electron chi connectivity index (χ1n) is 12.8. The van der Waals surface area contributed by atoms with Crippen molar-refractivity contribution in [3.05, 3.63) is 39.4 Å². The summed E-state index contributed by atoms with van der Waals surface area (Å²) in [5.41, 5.74) is -0.0799. The zero-order chi connectivity index (χ0) is 27.9. The predicted octanol–water partition coefficient (Wildman–Crippen LogP) is 3.77. The van der Waals surface area contributed by atoms with Gasteiger partial charge in [-0.25, -0.2) is 18.8 Å². The number of aromatic nitrogens is 1. The number of carboxylic acid groups (broad SMARTS) is 1. The molecule has 0 radical (unpaired) electrons. The van der Waals surface area contributed by atoms with Crippen LogP contribution in [0.3, 0.4) is 0 Å². The number of rotatable bonds is 5. The third-order valence-electron chi connectivity index (χ3n) is 6.98. The second kappa shape index (κ2) is 10.3. The van der Waals surface area contributed by atoms with Crippen molar-refractivity contribution >= 4 is 34.6 Å². The molecular formula is C27H34FN3O7. The average Bonchev–Trinajstić information content (AvgIpc) is 2.81. The molecule has 0 bridgehead atoms. The maximum Gasteiger partial charge on any atom is 0.408 e. The fourth-order valence-corrected chi connectivity index (χ4v) is 5.14. The summed E-state index contributed by atoms with van der Waals surface area (Å²) in [4.78, 5) is 50.8. The number of piperidine rings is 1. The number of nitrogens with zero attached hydrogens (tertiary/aromatic N) is 2. The highest BCUT2D eigenvalue weighted by Crippen LogP contribution is 2.39. The van der Waals surface area contributed by atoms with Gasteiger partial charge in [-0.05, 0) is 53.5 Å². The molecule has 1 aromatic carbocycles. The van der Waals surface area contributed by atoms with Gasteiger partial charge in [0.2, 0.25) is 5.43 Å². The van der Waals surface area contributed by atoms with Crippen LogP contribution in [0, 0.1) is 5.82 Å². The van der Waals surface area contributed by atoms with Crippen LogP contribution < -0.4 is 15.6 Å². The minimum atomic E-state index is -1.34. The lowest BCUT2D eigenvalue weighted by Crippen LogP contribution is -2.45. The second-order valence-electron chi connectivity index (χ2n) is 11.0. The van der Waals surface area contributed by atoms with E-state index in [1.165, 1.54) is 13.1 Å². The molecule has 206 valence electrons. The third kappa shape index (κ3) is 5.46. The fourth-order valence-electron chi connectivity index (χ4n) is 5.14. The summed E-state index contributed by atoms with van der Waals surface area (Å²) in [5.74, 6) is -2.48. The number of amides is 1. The van der Waals surface area contributed by atoms with E-state index in [-0.39, 0.29) is 17.0 Å². The Labute approximate surface area is 219 Å². The number of esters is 1. The molecule has 3 heterocycles. The number of carboxylic acids is 1. The number of carbonyl (C=O) groups excluding carboxylic acids is 2. The summed E-state index contributed by atoms with van der Waals surface area (Å²) in [5, 5.41) is 12.0. The Morgan fingerprint density at radius 1 is 1.18 bits per heavy atom. The molecular weight excluding hydrogens is 497 g/mol. The van der Waals surface area contributed by atoms with Crippen molar-refractivity contribution in [1.29, 1.82) is 0 Å². The van der Waals surface area contributed by atoms with Gasteiger partial charge in [0, 0.05) is 49.1 Å². The number of pyridine rings is 1. The van der Waals surface area contributed by atoms with Gasteiger partial charge in [0.05, 0.1) is 11.2 Å². The quantitative estimate of drug-likeness (QED) is 0.559. The molecule has 1 saturated heterocycles. The number of anilines is 1. The van der Waals surface area contributed by atoms with Crippen LogP contribution in [-0.2, 0) is 20.7 Å². The van der Waals surface area contributed by atoms with E-state index in [1.807, 2.05) is 11.8 Å². The first-order valence-corrected chi connectivity index (χ1v) is 12.8. The van der Waals surface area contributed by atoms with Gasteiger partial charge in [-0.1, -0.05) is 0 Å². The lowest BCUT2D eigenvalue weighted by Gasteiger charge is -2.37. The Hall–Kier alpha value is -3.63. The van der Waals surface area contributed by atoms with E-state index < -0.39 is 47.0 Å². The van der Waals surface area contributed by atoms with Gasteiger partial charge in [0.1, 0.15) is 29.1 Å². The number of nitrogens with one attached hydrogen (secondary N) is 1. The maximum absolute atomic E-state index is 15.5. The molecule has 1 fully saturated rings. The number of aryl methyl sites for hydroxylation is 1. The Morgan fingerprint density at radius 2 is 1.84 bits per heavy atom. The molecule has 0 unspecified atom stereocenters. The number of halogens is 1. The van der Waals surface area contributed by atoms with E-state index >= 15 is 4.39 Å². The second-order valence-corrected chi connectivity index (χ2v) is 11.0. The molecule has 0 spiro atoms. The molecule has 0 saturated carbocycles. The smallest absolute Gasteiger partial charge is 0.408 e. The Morgan fingerprint density at radius 3 is 2.45 bits per heavy atom. The van der Waals surface area contributed by atoms with Crippen LogP contribution in [0.25, 0.3) is 10.9 Å². The third-order valence-corrected chi connectivity index (χ3v) is 6.98. The summed E-state index contributed by atoms with van der Waals surface area (Å²) < 4.78 is 28.0. The summed E-state index contributed by atoms with van der Waals surface area (Å²) in [6, 6.07) is 0.219. The van der Waals surface area contributed by atoms with Crippen LogP contribution in [0.2, 0.25) is 0 Å². The topological polar surface area (TPSA) is 127 Å². The van der Waals surface area contributed by atoms with E-state index in [9.17, 15) is 24.3 Å². The molecule has 38 heavy (non-hydrogen) atoms. The highest BCUT2D eigenvalue weighted by atomic mass is 19.1. The Bertz CT molecular complexity index is 1340. The number of aromatic carboxylic acids is 1. The molecule has 11 heteroatoms. The molecule has 4 rings (SSSR count). The van der Waals surface area contributed by atoms with Crippen molar-refractivity contribution in [1.82, 2.24) is 9.88 Å². The van der Waals surface area contributed by atoms with Crippen LogP contribution in [0.15, 0.2) is 17.1 Å². The van der Waals surface area contributed by atoms with Gasteiger partial charge >= 0.3 is 18.0 Å². The number of hydrogen-bond donors (Lipinski definition) is 2. The van der Waals surface area contributed by atoms with Crippen molar-refractivity contribution in [2.45, 2.75) is 84.1 Å². The zero-order valence-electron chi connectivity index (χ0n) is 22.3. The van der Waals surface area contributed by atoms with Gasteiger partial charge in [-0.2, -0.15) is 0 Å². The van der Waals surface area contributed by atoms with Gasteiger partial charge < -0.3 is 29.4 Å². The van der Waals surface area contributed by atoms with Crippen molar-refractivity contribution in [2.75, 3.05) is 18.0 Å². The molecule has 2 atom stereocenters. The van der Waals surface area contributed by atoms with E-state index in [4.69, 9.17) is 9.47 Å². The highest BCUT2D eigenvalue weighted by molar-refractivity contribution is 5.95. The molecule has 0 aliphatic carbocycles. The SMILES string of the molecule is C[C@H](NC(=O)OC(C)(C)C)C(=O)OC1CCN(c2c(F)cc3c(=O)c(C(=O)O)cn4c3c2CC[C@@H]4C)CC1. The summed E-state index contributed by atoms with van der Waals surface area (Å²) in [7, 11) is 0. The Balaban J connectivity index is 1.50.